The van der Waals surface area contributed by atoms with Gasteiger partial charge in [0.15, 0.2) is 0 Å². The number of rotatable bonds is 2. The fourth-order valence-electron chi connectivity index (χ4n) is 3.30. The molecule has 0 N–H and O–H groups in total. The third kappa shape index (κ3) is 2.37. The Labute approximate surface area is 135 Å². The highest BCUT2D eigenvalue weighted by Crippen LogP contribution is 2.42. The molecule has 1 aliphatic heterocycles. The number of anilines is 1. The van der Waals surface area contributed by atoms with E-state index in [1.54, 1.807) is 0 Å². The van der Waals surface area contributed by atoms with Crippen molar-refractivity contribution in [1.82, 2.24) is 9.97 Å². The van der Waals surface area contributed by atoms with Gasteiger partial charge in [0.2, 0.25) is 5.78 Å². The van der Waals surface area contributed by atoms with Gasteiger partial charge in [0.1, 0.15) is 17.2 Å². The highest BCUT2D eigenvalue weighted by Gasteiger charge is 2.35. The number of nitrogens with zero attached hydrogens (tertiary/aromatic N) is 3. The first-order valence-corrected chi connectivity index (χ1v) is 7.56. The van der Waals surface area contributed by atoms with E-state index in [0.717, 1.165) is 12.1 Å². The van der Waals surface area contributed by atoms with Crippen molar-refractivity contribution < 1.29 is 4.79 Å². The topological polar surface area (TPSA) is 46.1 Å². The number of aryl methyl sites for hydroxylation is 1. The molecule has 0 unspecified atom stereocenters. The summed E-state index contributed by atoms with van der Waals surface area (Å²) in [6, 6.07) is 5.42. The van der Waals surface area contributed by atoms with Crippen LogP contribution in [0.3, 0.4) is 0 Å². The number of carbonyl (C=O) groups excluding carboxylic acids is 1. The molecule has 0 bridgehead atoms. The minimum absolute atomic E-state index is 0.0223. The highest BCUT2D eigenvalue weighted by molar-refractivity contribution is 6.29. The summed E-state index contributed by atoms with van der Waals surface area (Å²) < 4.78 is 0. The van der Waals surface area contributed by atoms with Crippen LogP contribution >= 0.6 is 11.6 Å². The van der Waals surface area contributed by atoms with E-state index in [1.165, 1.54) is 23.6 Å². The number of benzene rings is 1. The second-order valence-corrected chi connectivity index (χ2v) is 6.87. The fraction of sp³-hybridized carbons (Fsp3) is 0.353. The summed E-state index contributed by atoms with van der Waals surface area (Å²) in [7, 11) is 2.09. The Kier molecular flexibility index (Phi) is 3.44. The van der Waals surface area contributed by atoms with E-state index in [2.05, 4.69) is 35.8 Å². The minimum Gasteiger partial charge on any atom is -0.373 e. The molecule has 0 aliphatic carbocycles. The number of ketones is 1. The molecule has 2 heterocycles. The number of likely N-dealkylation sites (N-methyl/N-ethyl adjacent to an activating group) is 1. The van der Waals surface area contributed by atoms with Crippen molar-refractivity contribution in [3.05, 3.63) is 52.1 Å². The molecule has 22 heavy (non-hydrogen) atoms. The summed E-state index contributed by atoms with van der Waals surface area (Å²) in [5, 5.41) is 0.274. The molecule has 1 aliphatic rings. The second-order valence-electron chi connectivity index (χ2n) is 6.48. The van der Waals surface area contributed by atoms with Gasteiger partial charge in [-0.2, -0.15) is 0 Å². The zero-order chi connectivity index (χ0) is 16.1. The second kappa shape index (κ2) is 5.06. The molecule has 1 aromatic carbocycles. The molecule has 0 fully saturated rings. The molecule has 5 heteroatoms. The summed E-state index contributed by atoms with van der Waals surface area (Å²) in [5.41, 5.74) is 4.53. The van der Waals surface area contributed by atoms with E-state index in [0.29, 0.717) is 11.3 Å². The lowest BCUT2D eigenvalue weighted by atomic mass is 9.84. The van der Waals surface area contributed by atoms with Crippen molar-refractivity contribution in [3.8, 4) is 0 Å². The Hall–Kier alpha value is -1.94. The van der Waals surface area contributed by atoms with Gasteiger partial charge in [0.05, 0.1) is 0 Å². The Morgan fingerprint density at radius 1 is 1.27 bits per heavy atom. The Bertz CT molecular complexity index is 770. The molecule has 3 rings (SSSR count). The van der Waals surface area contributed by atoms with Gasteiger partial charge in [-0.1, -0.05) is 25.4 Å². The molecule has 114 valence electrons. The van der Waals surface area contributed by atoms with Crippen LogP contribution < -0.4 is 4.90 Å². The van der Waals surface area contributed by atoms with E-state index in [9.17, 15) is 4.79 Å². The third-order valence-electron chi connectivity index (χ3n) is 4.17. The van der Waals surface area contributed by atoms with Crippen molar-refractivity contribution >= 4 is 23.1 Å². The van der Waals surface area contributed by atoms with Crippen LogP contribution in [0.2, 0.25) is 5.15 Å². The predicted octanol–water partition coefficient (Wildman–Crippen LogP) is 3.40. The maximum atomic E-state index is 12.7. The van der Waals surface area contributed by atoms with Gasteiger partial charge in [-0.05, 0) is 30.2 Å². The number of aromatic nitrogens is 2. The maximum absolute atomic E-state index is 12.7. The molecule has 0 saturated carbocycles. The van der Waals surface area contributed by atoms with Gasteiger partial charge >= 0.3 is 0 Å². The lowest BCUT2D eigenvalue weighted by Crippen LogP contribution is -2.25. The molecule has 0 saturated heterocycles. The summed E-state index contributed by atoms with van der Waals surface area (Å²) in [6.45, 7) is 7.38. The molecule has 2 aromatic rings. The van der Waals surface area contributed by atoms with E-state index in [-0.39, 0.29) is 16.4 Å². The summed E-state index contributed by atoms with van der Waals surface area (Å²) in [4.78, 5) is 22.8. The largest absolute Gasteiger partial charge is 0.373 e. The van der Waals surface area contributed by atoms with E-state index < -0.39 is 0 Å². The zero-order valence-corrected chi connectivity index (χ0v) is 13.9. The first-order valence-electron chi connectivity index (χ1n) is 7.18. The molecular weight excluding hydrogens is 298 g/mol. The van der Waals surface area contributed by atoms with Gasteiger partial charge < -0.3 is 4.90 Å². The Balaban J connectivity index is 2.11. The van der Waals surface area contributed by atoms with Crippen LogP contribution in [0, 0.1) is 6.92 Å². The van der Waals surface area contributed by atoms with Crippen LogP contribution in [0.4, 0.5) is 5.69 Å². The van der Waals surface area contributed by atoms with Crippen LogP contribution in [0.25, 0.3) is 0 Å². The molecule has 1 aromatic heterocycles. The molecule has 4 nitrogen and oxygen atoms in total. The first kappa shape index (κ1) is 15.0. The van der Waals surface area contributed by atoms with Crippen LogP contribution in [-0.2, 0) is 5.41 Å². The van der Waals surface area contributed by atoms with Crippen molar-refractivity contribution in [2.75, 3.05) is 18.5 Å². The molecule has 0 radical (unpaired) electrons. The molecule has 0 atom stereocenters. The lowest BCUT2D eigenvalue weighted by Gasteiger charge is -2.18. The van der Waals surface area contributed by atoms with E-state index >= 15 is 0 Å². The number of fused-ring (bicyclic) bond motifs is 1. The Morgan fingerprint density at radius 3 is 2.68 bits per heavy atom. The molecular formula is C17H18ClN3O. The zero-order valence-electron chi connectivity index (χ0n) is 13.1. The van der Waals surface area contributed by atoms with Crippen molar-refractivity contribution in [2.45, 2.75) is 26.2 Å². The lowest BCUT2D eigenvalue weighted by molar-refractivity contribution is 0.103. The third-order valence-corrected chi connectivity index (χ3v) is 4.38. The van der Waals surface area contributed by atoms with E-state index in [1.807, 2.05) is 19.1 Å². The van der Waals surface area contributed by atoms with Crippen molar-refractivity contribution in [2.24, 2.45) is 0 Å². The molecule has 0 spiro atoms. The molecule has 0 amide bonds. The average molecular weight is 316 g/mol. The highest BCUT2D eigenvalue weighted by atomic mass is 35.5. The average Bonchev–Trinajstić information content (AvgIpc) is 2.68. The number of hydrogen-bond donors (Lipinski definition) is 0. The summed E-state index contributed by atoms with van der Waals surface area (Å²) in [6.07, 6.45) is 1.31. The van der Waals surface area contributed by atoms with Gasteiger partial charge in [0, 0.05) is 36.3 Å². The van der Waals surface area contributed by atoms with Crippen molar-refractivity contribution in [3.63, 3.8) is 0 Å². The van der Waals surface area contributed by atoms with Gasteiger partial charge in [-0.15, -0.1) is 0 Å². The maximum Gasteiger partial charge on any atom is 0.211 e. The number of halogens is 1. The number of hydrogen-bond acceptors (Lipinski definition) is 4. The van der Waals surface area contributed by atoms with Crippen LogP contribution in [-0.4, -0.2) is 29.3 Å². The minimum atomic E-state index is -0.124. The fourth-order valence-corrected chi connectivity index (χ4v) is 3.44. The van der Waals surface area contributed by atoms with Crippen molar-refractivity contribution in [1.29, 1.82) is 0 Å². The monoisotopic (exact) mass is 315 g/mol. The first-order chi connectivity index (χ1) is 10.3. The van der Waals surface area contributed by atoms with E-state index in [4.69, 9.17) is 11.6 Å². The predicted molar refractivity (Wildman–Crippen MR) is 87.9 cm³/mol. The van der Waals surface area contributed by atoms with Crippen LogP contribution in [0.1, 0.15) is 41.0 Å². The Morgan fingerprint density at radius 2 is 2.00 bits per heavy atom. The SMILES string of the molecule is Cc1cc(C(=O)c2cc(Cl)ncn2)cc2c1N(C)CC2(C)C. The summed E-state index contributed by atoms with van der Waals surface area (Å²) >= 11 is 5.86. The summed E-state index contributed by atoms with van der Waals surface area (Å²) in [5.74, 6) is -0.124. The van der Waals surface area contributed by atoms with Crippen LogP contribution in [0.5, 0.6) is 0 Å². The standard InChI is InChI=1S/C17H18ClN3O/c1-10-5-11(16(22)13-7-14(18)20-9-19-13)6-12-15(10)21(4)8-17(12,2)3/h5-7,9H,8H2,1-4H3. The van der Waals surface area contributed by atoms with Gasteiger partial charge in [-0.25, -0.2) is 9.97 Å². The smallest absolute Gasteiger partial charge is 0.211 e. The quantitative estimate of drug-likeness (QED) is 0.629. The van der Waals surface area contributed by atoms with Gasteiger partial charge in [-0.3, -0.25) is 4.79 Å². The number of carbonyl (C=O) groups is 1. The van der Waals surface area contributed by atoms with Gasteiger partial charge in [0.25, 0.3) is 0 Å². The van der Waals surface area contributed by atoms with Crippen LogP contribution in [0.15, 0.2) is 24.5 Å². The normalized spacial score (nSPS) is 15.8.